The number of halogens is 1. The van der Waals surface area contributed by atoms with Crippen LogP contribution in [0, 0.1) is 0 Å². The van der Waals surface area contributed by atoms with E-state index in [4.69, 9.17) is 16.3 Å². The number of benzene rings is 2. The van der Waals surface area contributed by atoms with E-state index in [1.807, 2.05) is 0 Å². The lowest BCUT2D eigenvalue weighted by Crippen LogP contribution is -2.10. The fourth-order valence-corrected chi connectivity index (χ4v) is 2.44. The quantitative estimate of drug-likeness (QED) is 0.593. The highest BCUT2D eigenvalue weighted by atomic mass is 35.5. The summed E-state index contributed by atoms with van der Waals surface area (Å²) in [5, 5.41) is 21.4. The van der Waals surface area contributed by atoms with Crippen LogP contribution in [0.2, 0.25) is 5.02 Å². The molecule has 1 aromatic heterocycles. The Hall–Kier alpha value is -3.06. The van der Waals surface area contributed by atoms with Crippen LogP contribution < -0.4 is 10.1 Å². The van der Waals surface area contributed by atoms with Gasteiger partial charge in [-0.05, 0) is 42.5 Å². The Labute approximate surface area is 148 Å². The number of fused-ring (bicyclic) bond motifs is 1. The molecule has 128 valence electrons. The van der Waals surface area contributed by atoms with Crippen molar-refractivity contribution in [3.05, 3.63) is 47.5 Å². The van der Waals surface area contributed by atoms with E-state index in [1.54, 1.807) is 49.6 Å². The van der Waals surface area contributed by atoms with E-state index in [1.165, 1.54) is 0 Å². The Morgan fingerprint density at radius 2 is 2.04 bits per heavy atom. The number of amides is 1. The molecule has 0 fully saturated rings. The second-order valence-electron chi connectivity index (χ2n) is 5.19. The molecular formula is C17H15ClN4O3. The van der Waals surface area contributed by atoms with Gasteiger partial charge in [-0.15, -0.1) is 10.2 Å². The topological polar surface area (TPSA) is 99.1 Å². The summed E-state index contributed by atoms with van der Waals surface area (Å²) in [6.07, 6.45) is 0. The Bertz CT molecular complexity index is 935. The molecule has 3 rings (SSSR count). The first-order chi connectivity index (χ1) is 12.1. The number of ether oxygens (including phenoxy) is 1. The average Bonchev–Trinajstić information content (AvgIpc) is 2.93. The highest BCUT2D eigenvalue weighted by Gasteiger charge is 2.11. The maximum atomic E-state index is 11.9. The average molecular weight is 359 g/mol. The van der Waals surface area contributed by atoms with Crippen molar-refractivity contribution in [2.45, 2.75) is 0 Å². The van der Waals surface area contributed by atoms with E-state index in [-0.39, 0.29) is 18.1 Å². The molecule has 0 aliphatic heterocycles. The van der Waals surface area contributed by atoms with Gasteiger partial charge < -0.3 is 20.1 Å². The highest BCUT2D eigenvalue weighted by molar-refractivity contribution is 6.31. The van der Waals surface area contributed by atoms with E-state index in [0.29, 0.717) is 15.9 Å². The van der Waals surface area contributed by atoms with Gasteiger partial charge in [-0.25, -0.2) is 0 Å². The third-order valence-corrected chi connectivity index (χ3v) is 3.74. The smallest absolute Gasteiger partial charge is 0.283 e. The molecule has 0 aliphatic carbocycles. The number of aromatic nitrogens is 1. The number of H-pyrrole nitrogens is 1. The molecule has 0 atom stereocenters. The van der Waals surface area contributed by atoms with Crippen LogP contribution in [-0.4, -0.2) is 29.7 Å². The van der Waals surface area contributed by atoms with Crippen molar-refractivity contribution in [2.75, 3.05) is 19.0 Å². The summed E-state index contributed by atoms with van der Waals surface area (Å²) in [4.78, 5) is 14.6. The minimum absolute atomic E-state index is 0.0281. The standard InChI is InChI=1S/C17H15ClN4O3/c1-25-12-5-3-11(4-6-12)19-9-15(23)21-22-16-13-8-10(18)2-7-14(13)20-17(16)24/h2-8,19-20,24H,9H2,1H3. The number of nitrogens with one attached hydrogen (secondary N) is 2. The molecule has 0 bridgehead atoms. The number of methoxy groups -OCH3 is 1. The first-order valence-electron chi connectivity index (χ1n) is 7.39. The van der Waals surface area contributed by atoms with Crippen LogP contribution in [0.1, 0.15) is 0 Å². The summed E-state index contributed by atoms with van der Waals surface area (Å²) < 4.78 is 5.07. The molecular weight excluding hydrogens is 344 g/mol. The van der Waals surface area contributed by atoms with Crippen molar-refractivity contribution >= 4 is 39.8 Å². The van der Waals surface area contributed by atoms with E-state index in [2.05, 4.69) is 20.5 Å². The second kappa shape index (κ2) is 7.23. The van der Waals surface area contributed by atoms with Crippen LogP contribution in [-0.2, 0) is 4.79 Å². The van der Waals surface area contributed by atoms with Crippen molar-refractivity contribution in [1.29, 1.82) is 0 Å². The van der Waals surface area contributed by atoms with Gasteiger partial charge in [0.15, 0.2) is 5.69 Å². The molecule has 3 N–H and O–H groups in total. The van der Waals surface area contributed by atoms with Gasteiger partial charge in [-0.1, -0.05) is 11.6 Å². The summed E-state index contributed by atoms with van der Waals surface area (Å²) in [5.74, 6) is 0.0774. The van der Waals surface area contributed by atoms with Crippen molar-refractivity contribution in [3.8, 4) is 11.6 Å². The molecule has 8 heteroatoms. The molecule has 2 aromatic carbocycles. The molecule has 3 aromatic rings. The van der Waals surface area contributed by atoms with Gasteiger partial charge in [-0.3, -0.25) is 4.79 Å². The van der Waals surface area contributed by atoms with Crippen molar-refractivity contribution in [3.63, 3.8) is 0 Å². The van der Waals surface area contributed by atoms with E-state index in [0.717, 1.165) is 11.4 Å². The molecule has 0 spiro atoms. The predicted octanol–water partition coefficient (Wildman–Crippen LogP) is 4.26. The molecule has 7 nitrogen and oxygen atoms in total. The zero-order chi connectivity index (χ0) is 17.8. The van der Waals surface area contributed by atoms with Crippen molar-refractivity contribution in [2.24, 2.45) is 10.2 Å². The monoisotopic (exact) mass is 358 g/mol. The largest absolute Gasteiger partial charge is 0.497 e. The lowest BCUT2D eigenvalue weighted by atomic mass is 10.2. The maximum absolute atomic E-state index is 11.9. The van der Waals surface area contributed by atoms with Crippen molar-refractivity contribution < 1.29 is 14.6 Å². The summed E-state index contributed by atoms with van der Waals surface area (Å²) in [5.41, 5.74) is 1.58. The molecule has 0 saturated heterocycles. The number of aromatic hydroxyl groups is 1. The second-order valence-corrected chi connectivity index (χ2v) is 5.62. The zero-order valence-electron chi connectivity index (χ0n) is 13.3. The van der Waals surface area contributed by atoms with Gasteiger partial charge in [0.05, 0.1) is 19.2 Å². The summed E-state index contributed by atoms with van der Waals surface area (Å²) in [6.45, 7) is -0.0281. The predicted molar refractivity (Wildman–Crippen MR) is 96.0 cm³/mol. The number of aromatic amines is 1. The maximum Gasteiger partial charge on any atom is 0.283 e. The van der Waals surface area contributed by atoms with Crippen LogP contribution in [0.5, 0.6) is 11.6 Å². The number of anilines is 1. The fourth-order valence-electron chi connectivity index (χ4n) is 2.26. The van der Waals surface area contributed by atoms with Gasteiger partial charge in [0.25, 0.3) is 5.91 Å². The van der Waals surface area contributed by atoms with Gasteiger partial charge in [0, 0.05) is 16.1 Å². The van der Waals surface area contributed by atoms with Crippen LogP contribution in [0.25, 0.3) is 10.9 Å². The molecule has 0 radical (unpaired) electrons. The summed E-state index contributed by atoms with van der Waals surface area (Å²) >= 11 is 5.95. The third kappa shape index (κ3) is 3.89. The van der Waals surface area contributed by atoms with Crippen LogP contribution in [0.3, 0.4) is 0 Å². The summed E-state index contributed by atoms with van der Waals surface area (Å²) in [7, 11) is 1.58. The number of hydrogen-bond acceptors (Lipinski definition) is 5. The number of rotatable bonds is 5. The fraction of sp³-hybridized carbons (Fsp3) is 0.118. The minimum Gasteiger partial charge on any atom is -0.497 e. The van der Waals surface area contributed by atoms with E-state index >= 15 is 0 Å². The lowest BCUT2D eigenvalue weighted by Gasteiger charge is -2.04. The molecule has 1 amide bonds. The van der Waals surface area contributed by atoms with Crippen LogP contribution in [0.15, 0.2) is 52.7 Å². The number of carbonyl (C=O) groups excluding carboxylic acids is 1. The first-order valence-corrected chi connectivity index (χ1v) is 7.77. The lowest BCUT2D eigenvalue weighted by molar-refractivity contribution is -0.116. The zero-order valence-corrected chi connectivity index (χ0v) is 14.0. The number of carbonyl (C=O) groups is 1. The van der Waals surface area contributed by atoms with Gasteiger partial charge in [0.1, 0.15) is 5.75 Å². The van der Waals surface area contributed by atoms with Gasteiger partial charge in [-0.2, -0.15) is 0 Å². The van der Waals surface area contributed by atoms with E-state index < -0.39 is 5.91 Å². The third-order valence-electron chi connectivity index (χ3n) is 3.51. The Balaban J connectivity index is 1.68. The number of nitrogens with zero attached hydrogens (tertiary/aromatic N) is 2. The molecule has 25 heavy (non-hydrogen) atoms. The summed E-state index contributed by atoms with van der Waals surface area (Å²) in [6, 6.07) is 12.2. The Morgan fingerprint density at radius 1 is 1.28 bits per heavy atom. The Morgan fingerprint density at radius 3 is 2.76 bits per heavy atom. The van der Waals surface area contributed by atoms with Gasteiger partial charge in [0.2, 0.25) is 5.88 Å². The molecule has 0 aliphatic rings. The number of azo groups is 1. The number of hydrogen-bond donors (Lipinski definition) is 3. The molecule has 0 saturated carbocycles. The first kappa shape index (κ1) is 16.8. The minimum atomic E-state index is -0.480. The molecule has 0 unspecified atom stereocenters. The SMILES string of the molecule is COc1ccc(NCC(=O)N=Nc2c(O)[nH]c3ccc(Cl)cc23)cc1. The van der Waals surface area contributed by atoms with Crippen LogP contribution in [0.4, 0.5) is 11.4 Å². The van der Waals surface area contributed by atoms with Crippen LogP contribution >= 0.6 is 11.6 Å². The van der Waals surface area contributed by atoms with E-state index in [9.17, 15) is 9.90 Å². The van der Waals surface area contributed by atoms with Gasteiger partial charge >= 0.3 is 0 Å². The molecule has 1 heterocycles. The Kier molecular flexibility index (Phi) is 4.85. The van der Waals surface area contributed by atoms with Crippen molar-refractivity contribution in [1.82, 2.24) is 4.98 Å². The highest BCUT2D eigenvalue weighted by Crippen LogP contribution is 2.36. The normalized spacial score (nSPS) is 11.1.